The number of ether oxygens (including phenoxy) is 1. The molecule has 9 heteroatoms. The van der Waals surface area contributed by atoms with Crippen LogP contribution in [0.4, 0.5) is 35.1 Å². The van der Waals surface area contributed by atoms with Crippen LogP contribution in [-0.4, -0.2) is 6.18 Å². The van der Waals surface area contributed by atoms with Crippen molar-refractivity contribution >= 4 is 6.08 Å². The van der Waals surface area contributed by atoms with Gasteiger partial charge in [-0.2, -0.15) is 22.0 Å². The van der Waals surface area contributed by atoms with E-state index in [1.807, 2.05) is 0 Å². The lowest BCUT2D eigenvalue weighted by molar-refractivity contribution is -0.187. The van der Waals surface area contributed by atoms with Gasteiger partial charge in [0.05, 0.1) is 5.56 Å². The van der Waals surface area contributed by atoms with E-state index >= 15 is 0 Å². The second-order valence-corrected chi connectivity index (χ2v) is 5.28. The van der Waals surface area contributed by atoms with Crippen molar-refractivity contribution in [2.75, 3.05) is 0 Å². The zero-order chi connectivity index (χ0) is 19.7. The van der Waals surface area contributed by atoms with E-state index in [0.717, 1.165) is 12.1 Å². The van der Waals surface area contributed by atoms with Crippen LogP contribution in [0.1, 0.15) is 16.7 Å². The summed E-state index contributed by atoms with van der Waals surface area (Å²) in [6.07, 6.45) is -9.37. The average Bonchev–Trinajstić information content (AvgIpc) is 2.43. The molecule has 0 spiro atoms. The molecule has 0 atom stereocenters. The van der Waals surface area contributed by atoms with Crippen molar-refractivity contribution in [3.05, 3.63) is 70.5 Å². The molecular formula is C17H10F8O. The Morgan fingerprint density at radius 1 is 0.846 bits per heavy atom. The summed E-state index contributed by atoms with van der Waals surface area (Å²) in [5.41, 5.74) is -1.88. The van der Waals surface area contributed by atoms with E-state index in [9.17, 15) is 35.1 Å². The molecule has 0 unspecified atom stereocenters. The smallest absolute Gasteiger partial charge is 0.429 e. The Balaban J connectivity index is 2.34. The van der Waals surface area contributed by atoms with Crippen molar-refractivity contribution < 1.29 is 39.9 Å². The Morgan fingerprint density at radius 2 is 1.42 bits per heavy atom. The highest BCUT2D eigenvalue weighted by molar-refractivity contribution is 5.53. The normalized spacial score (nSPS) is 12.7. The third-order valence-corrected chi connectivity index (χ3v) is 3.18. The van der Waals surface area contributed by atoms with Gasteiger partial charge in [0.2, 0.25) is 0 Å². The van der Waals surface area contributed by atoms with Gasteiger partial charge in [0.1, 0.15) is 23.2 Å². The SMILES string of the molecule is Cc1ccc(C(F)(F)Oc2cc(F)c(/C=C/C(F)(F)F)c(F)c2)c(F)c1. The summed E-state index contributed by atoms with van der Waals surface area (Å²) in [5, 5.41) is 0. The zero-order valence-electron chi connectivity index (χ0n) is 13.0. The van der Waals surface area contributed by atoms with E-state index in [-0.39, 0.29) is 18.2 Å². The molecule has 0 fully saturated rings. The lowest BCUT2D eigenvalue weighted by atomic mass is 10.1. The van der Waals surface area contributed by atoms with Crippen molar-refractivity contribution in [1.29, 1.82) is 0 Å². The molecule has 0 bridgehead atoms. The highest BCUT2D eigenvalue weighted by atomic mass is 19.4. The van der Waals surface area contributed by atoms with Crippen molar-refractivity contribution in [1.82, 2.24) is 0 Å². The number of halogens is 8. The molecule has 0 aromatic heterocycles. The molecule has 0 aliphatic rings. The number of hydrogen-bond donors (Lipinski definition) is 0. The first-order valence-electron chi connectivity index (χ1n) is 6.97. The molecule has 0 radical (unpaired) electrons. The third-order valence-electron chi connectivity index (χ3n) is 3.18. The molecule has 0 saturated carbocycles. The van der Waals surface area contributed by atoms with Gasteiger partial charge >= 0.3 is 12.3 Å². The van der Waals surface area contributed by atoms with E-state index in [1.165, 1.54) is 13.0 Å². The Labute approximate surface area is 142 Å². The predicted octanol–water partition coefficient (Wildman–Crippen LogP) is 6.12. The van der Waals surface area contributed by atoms with Gasteiger partial charge in [-0.25, -0.2) is 13.2 Å². The number of allylic oxidation sites excluding steroid dienone is 1. The standard InChI is InChI=1S/C17H10F8O/c1-9-2-3-12(15(20)6-9)17(24,25)26-10-7-13(18)11(14(19)8-10)4-5-16(21,22)23/h2-8H,1H3/b5-4+. The van der Waals surface area contributed by atoms with Gasteiger partial charge < -0.3 is 4.74 Å². The number of aryl methyl sites for hydroxylation is 1. The second-order valence-electron chi connectivity index (χ2n) is 5.28. The topological polar surface area (TPSA) is 9.23 Å². The monoisotopic (exact) mass is 382 g/mol. The van der Waals surface area contributed by atoms with Crippen LogP contribution < -0.4 is 4.74 Å². The maximum atomic E-state index is 14.0. The van der Waals surface area contributed by atoms with Gasteiger partial charge in [-0.05, 0) is 30.7 Å². The number of rotatable bonds is 4. The summed E-state index contributed by atoms with van der Waals surface area (Å²) in [7, 11) is 0. The Hall–Kier alpha value is -2.58. The molecule has 0 heterocycles. The average molecular weight is 382 g/mol. The van der Waals surface area contributed by atoms with Crippen LogP contribution in [0.3, 0.4) is 0 Å². The first-order valence-corrected chi connectivity index (χ1v) is 6.97. The molecule has 0 aliphatic carbocycles. The van der Waals surface area contributed by atoms with E-state index in [4.69, 9.17) is 0 Å². The third kappa shape index (κ3) is 4.74. The number of benzene rings is 2. The van der Waals surface area contributed by atoms with Crippen LogP contribution in [-0.2, 0) is 6.11 Å². The summed E-state index contributed by atoms with van der Waals surface area (Å²) in [6, 6.07) is 3.30. The quantitative estimate of drug-likeness (QED) is 0.579. The zero-order valence-corrected chi connectivity index (χ0v) is 13.0. The fourth-order valence-corrected chi connectivity index (χ4v) is 2.02. The Morgan fingerprint density at radius 3 is 1.92 bits per heavy atom. The maximum absolute atomic E-state index is 14.0. The Kier molecular flexibility index (Phi) is 5.29. The minimum atomic E-state index is -4.82. The second kappa shape index (κ2) is 6.97. The lowest BCUT2D eigenvalue weighted by Gasteiger charge is -2.19. The van der Waals surface area contributed by atoms with Gasteiger partial charge in [-0.1, -0.05) is 6.07 Å². The van der Waals surface area contributed by atoms with Crippen LogP contribution in [0.25, 0.3) is 6.08 Å². The molecule has 2 rings (SSSR count). The minimum absolute atomic E-state index is 0.117. The summed E-state index contributed by atoms with van der Waals surface area (Å²) in [5.74, 6) is -5.42. The van der Waals surface area contributed by atoms with Crippen LogP contribution in [0.15, 0.2) is 36.4 Å². The first kappa shape index (κ1) is 19.7. The first-order chi connectivity index (χ1) is 11.9. The molecule has 0 amide bonds. The molecule has 26 heavy (non-hydrogen) atoms. The van der Waals surface area contributed by atoms with Gasteiger partial charge in [-0.15, -0.1) is 0 Å². The predicted molar refractivity (Wildman–Crippen MR) is 77.1 cm³/mol. The van der Waals surface area contributed by atoms with Crippen molar-refractivity contribution in [2.45, 2.75) is 19.2 Å². The molecule has 1 nitrogen and oxygen atoms in total. The van der Waals surface area contributed by atoms with Gasteiger partial charge in [0, 0.05) is 23.8 Å². The van der Waals surface area contributed by atoms with Crippen LogP contribution >= 0.6 is 0 Å². The highest BCUT2D eigenvalue weighted by Crippen LogP contribution is 2.35. The van der Waals surface area contributed by atoms with E-state index in [2.05, 4.69) is 4.74 Å². The summed E-state index contributed by atoms with van der Waals surface area (Å²) in [6.45, 7) is 1.46. The van der Waals surface area contributed by atoms with Crippen molar-refractivity contribution in [3.8, 4) is 5.75 Å². The molecule has 2 aromatic rings. The van der Waals surface area contributed by atoms with Gasteiger partial charge in [0.15, 0.2) is 0 Å². The maximum Gasteiger partial charge on any atom is 0.429 e. The molecule has 0 N–H and O–H groups in total. The Bertz CT molecular complexity index is 816. The summed E-state index contributed by atoms with van der Waals surface area (Å²) in [4.78, 5) is 0. The molecule has 0 saturated heterocycles. The fourth-order valence-electron chi connectivity index (χ4n) is 2.02. The summed E-state index contributed by atoms with van der Waals surface area (Å²) < 4.78 is 110. The van der Waals surface area contributed by atoms with Crippen molar-refractivity contribution in [2.24, 2.45) is 0 Å². The molecular weight excluding hydrogens is 372 g/mol. The van der Waals surface area contributed by atoms with Crippen LogP contribution in [0.2, 0.25) is 0 Å². The minimum Gasteiger partial charge on any atom is -0.429 e. The molecule has 140 valence electrons. The summed E-state index contributed by atoms with van der Waals surface area (Å²) >= 11 is 0. The van der Waals surface area contributed by atoms with E-state index in [0.29, 0.717) is 5.56 Å². The van der Waals surface area contributed by atoms with Crippen LogP contribution in [0, 0.1) is 24.4 Å². The van der Waals surface area contributed by atoms with E-state index < -0.39 is 52.7 Å². The lowest BCUT2D eigenvalue weighted by Crippen LogP contribution is -2.23. The van der Waals surface area contributed by atoms with Gasteiger partial charge in [-0.3, -0.25) is 0 Å². The largest absolute Gasteiger partial charge is 0.429 e. The number of alkyl halides is 5. The van der Waals surface area contributed by atoms with Crippen molar-refractivity contribution in [3.63, 3.8) is 0 Å². The van der Waals surface area contributed by atoms with E-state index in [1.54, 1.807) is 0 Å². The number of hydrogen-bond acceptors (Lipinski definition) is 1. The highest BCUT2D eigenvalue weighted by Gasteiger charge is 2.38. The van der Waals surface area contributed by atoms with Crippen LogP contribution in [0.5, 0.6) is 5.75 Å². The fraction of sp³-hybridized carbons (Fsp3) is 0.176. The molecule has 2 aromatic carbocycles. The van der Waals surface area contributed by atoms with Gasteiger partial charge in [0.25, 0.3) is 0 Å². The molecule has 0 aliphatic heterocycles.